The molecule has 0 unspecified atom stereocenters. The predicted molar refractivity (Wildman–Crippen MR) is 117 cm³/mol. The topological polar surface area (TPSA) is 99.9 Å². The molecule has 0 radical (unpaired) electrons. The minimum absolute atomic E-state index is 0.0183. The third-order valence-corrected chi connectivity index (χ3v) is 8.12. The van der Waals surface area contributed by atoms with Crippen molar-refractivity contribution in [3.8, 4) is 0 Å². The van der Waals surface area contributed by atoms with Crippen LogP contribution >= 0.6 is 11.3 Å². The second kappa shape index (κ2) is 8.85. The average Bonchev–Trinajstić information content (AvgIpc) is 3.44. The molecule has 2 amide bonds. The number of thiophene rings is 1. The summed E-state index contributed by atoms with van der Waals surface area (Å²) in [4.78, 5) is 27.3. The van der Waals surface area contributed by atoms with Crippen molar-refractivity contribution >= 4 is 38.2 Å². The summed E-state index contributed by atoms with van der Waals surface area (Å²) in [6.45, 7) is 2.51. The second-order valence-electron chi connectivity index (χ2n) is 7.20. The number of nitrogens with one attached hydrogen (secondary N) is 1. The van der Waals surface area contributed by atoms with Gasteiger partial charge < -0.3 is 14.6 Å². The highest BCUT2D eigenvalue weighted by Crippen LogP contribution is 2.29. The van der Waals surface area contributed by atoms with Crippen molar-refractivity contribution in [2.75, 3.05) is 31.5 Å². The molecule has 0 spiro atoms. The van der Waals surface area contributed by atoms with E-state index in [0.29, 0.717) is 9.88 Å². The standard InChI is InChI=1S/C21H20FN3O5S2/c1-14-13-18(23-20(26)17-3-2-12-30-17)31-19(14)21(27)24-8-10-25(11-9-24)32(28,29)16-6-4-15(22)5-7-16/h2-7,12-13H,8-11H2,1H3,(H,23,26). The number of rotatable bonds is 5. The molecule has 4 rings (SSSR count). The first kappa shape index (κ1) is 22.2. The Hall–Kier alpha value is -3.02. The summed E-state index contributed by atoms with van der Waals surface area (Å²) in [6, 6.07) is 9.54. The van der Waals surface area contributed by atoms with E-state index >= 15 is 0 Å². The molecule has 0 bridgehead atoms. The number of amides is 2. The Morgan fingerprint density at radius 3 is 2.41 bits per heavy atom. The van der Waals surface area contributed by atoms with Gasteiger partial charge in [0.2, 0.25) is 10.0 Å². The maximum Gasteiger partial charge on any atom is 0.291 e. The summed E-state index contributed by atoms with van der Waals surface area (Å²) in [5.74, 6) is -0.965. The number of aryl methyl sites for hydroxylation is 1. The van der Waals surface area contributed by atoms with Gasteiger partial charge in [-0.1, -0.05) is 0 Å². The number of benzene rings is 1. The third kappa shape index (κ3) is 4.45. The lowest BCUT2D eigenvalue weighted by Gasteiger charge is -2.34. The van der Waals surface area contributed by atoms with Crippen LogP contribution in [0.1, 0.15) is 25.8 Å². The number of sulfonamides is 1. The predicted octanol–water partition coefficient (Wildman–Crippen LogP) is 3.19. The fourth-order valence-corrected chi connectivity index (χ4v) is 5.83. The van der Waals surface area contributed by atoms with Crippen molar-refractivity contribution in [2.24, 2.45) is 0 Å². The Balaban J connectivity index is 1.41. The van der Waals surface area contributed by atoms with Crippen molar-refractivity contribution in [1.29, 1.82) is 0 Å². The van der Waals surface area contributed by atoms with Gasteiger partial charge in [0.05, 0.1) is 21.0 Å². The third-order valence-electron chi connectivity index (χ3n) is 5.07. The summed E-state index contributed by atoms with van der Waals surface area (Å²) in [6.07, 6.45) is 1.40. The van der Waals surface area contributed by atoms with Gasteiger partial charge in [0.25, 0.3) is 11.8 Å². The van der Waals surface area contributed by atoms with Crippen molar-refractivity contribution in [2.45, 2.75) is 11.8 Å². The maximum atomic E-state index is 13.1. The van der Waals surface area contributed by atoms with Gasteiger partial charge in [-0.25, -0.2) is 12.8 Å². The average molecular weight is 478 g/mol. The zero-order chi connectivity index (χ0) is 22.9. The highest BCUT2D eigenvalue weighted by atomic mass is 32.2. The molecule has 32 heavy (non-hydrogen) atoms. The van der Waals surface area contributed by atoms with Crippen molar-refractivity contribution in [3.05, 3.63) is 70.7 Å². The first-order valence-electron chi connectivity index (χ1n) is 9.76. The molecule has 1 saturated heterocycles. The molecule has 0 atom stereocenters. The molecule has 1 aromatic carbocycles. The molecule has 1 N–H and O–H groups in total. The number of piperazine rings is 1. The summed E-state index contributed by atoms with van der Waals surface area (Å²) < 4.78 is 45.0. The number of hydrogen-bond donors (Lipinski definition) is 1. The van der Waals surface area contributed by atoms with E-state index in [0.717, 1.165) is 29.0 Å². The number of anilines is 1. The number of halogens is 1. The molecule has 8 nitrogen and oxygen atoms in total. The molecule has 11 heteroatoms. The maximum absolute atomic E-state index is 13.1. The zero-order valence-corrected chi connectivity index (χ0v) is 18.7. The van der Waals surface area contributed by atoms with Crippen LogP contribution < -0.4 is 5.32 Å². The Kier molecular flexibility index (Phi) is 6.13. The highest BCUT2D eigenvalue weighted by molar-refractivity contribution is 7.89. The van der Waals surface area contributed by atoms with Crippen molar-refractivity contribution in [3.63, 3.8) is 0 Å². The lowest BCUT2D eigenvalue weighted by Crippen LogP contribution is -2.50. The van der Waals surface area contributed by atoms with Crippen LogP contribution in [0.3, 0.4) is 0 Å². The number of carbonyl (C=O) groups excluding carboxylic acids is 2. The van der Waals surface area contributed by atoms with Crippen LogP contribution in [0.2, 0.25) is 0 Å². The normalized spacial score (nSPS) is 15.0. The molecule has 0 aliphatic carbocycles. The Labute approximate surface area is 188 Å². The van der Waals surface area contributed by atoms with Crippen LogP contribution in [0.4, 0.5) is 9.39 Å². The summed E-state index contributed by atoms with van der Waals surface area (Å²) >= 11 is 1.16. The van der Waals surface area contributed by atoms with E-state index in [1.54, 1.807) is 30.0 Å². The molecule has 3 aromatic rings. The van der Waals surface area contributed by atoms with E-state index in [-0.39, 0.29) is 42.7 Å². The Morgan fingerprint density at radius 1 is 1.09 bits per heavy atom. The fourth-order valence-electron chi connectivity index (χ4n) is 3.37. The lowest BCUT2D eigenvalue weighted by atomic mass is 10.2. The fraction of sp³-hybridized carbons (Fsp3) is 0.238. The SMILES string of the molecule is Cc1cc(NC(=O)c2ccco2)sc1C(=O)N1CCN(S(=O)(=O)c2ccc(F)cc2)CC1. The van der Waals surface area contributed by atoms with E-state index in [1.807, 2.05) is 0 Å². The molecular weight excluding hydrogens is 457 g/mol. The monoisotopic (exact) mass is 477 g/mol. The zero-order valence-electron chi connectivity index (χ0n) is 17.1. The molecule has 168 valence electrons. The van der Waals surface area contributed by atoms with Gasteiger partial charge in [0.15, 0.2) is 5.76 Å². The van der Waals surface area contributed by atoms with E-state index < -0.39 is 21.7 Å². The van der Waals surface area contributed by atoms with Gasteiger partial charge in [-0.3, -0.25) is 9.59 Å². The number of furan rings is 1. The largest absolute Gasteiger partial charge is 0.459 e. The Bertz CT molecular complexity index is 1230. The number of carbonyl (C=O) groups is 2. The lowest BCUT2D eigenvalue weighted by molar-refractivity contribution is 0.0702. The van der Waals surface area contributed by atoms with Crippen LogP contribution in [0.25, 0.3) is 0 Å². The van der Waals surface area contributed by atoms with E-state index in [9.17, 15) is 22.4 Å². The quantitative estimate of drug-likeness (QED) is 0.608. The van der Waals surface area contributed by atoms with Crippen LogP contribution in [-0.2, 0) is 10.0 Å². The van der Waals surface area contributed by atoms with Gasteiger partial charge in [0, 0.05) is 26.2 Å². The van der Waals surface area contributed by atoms with Gasteiger partial charge in [-0.15, -0.1) is 11.3 Å². The van der Waals surface area contributed by atoms with Gasteiger partial charge in [0.1, 0.15) is 5.82 Å². The van der Waals surface area contributed by atoms with E-state index in [2.05, 4.69) is 5.32 Å². The number of nitrogens with zero attached hydrogens (tertiary/aromatic N) is 2. The molecule has 2 aromatic heterocycles. The molecule has 1 aliphatic heterocycles. The van der Waals surface area contributed by atoms with Crippen LogP contribution in [0.15, 0.2) is 58.0 Å². The first-order chi connectivity index (χ1) is 15.3. The van der Waals surface area contributed by atoms with Crippen LogP contribution in [0, 0.1) is 12.7 Å². The van der Waals surface area contributed by atoms with Gasteiger partial charge >= 0.3 is 0 Å². The molecule has 1 aliphatic rings. The molecule has 0 saturated carbocycles. The summed E-state index contributed by atoms with van der Waals surface area (Å²) in [7, 11) is -3.76. The minimum atomic E-state index is -3.76. The highest BCUT2D eigenvalue weighted by Gasteiger charge is 2.31. The second-order valence-corrected chi connectivity index (χ2v) is 10.2. The van der Waals surface area contributed by atoms with Gasteiger partial charge in [-0.05, 0) is 55.0 Å². The number of hydrogen-bond acceptors (Lipinski definition) is 6. The molecular formula is C21H20FN3O5S2. The Morgan fingerprint density at radius 2 is 1.78 bits per heavy atom. The summed E-state index contributed by atoms with van der Waals surface area (Å²) in [5.41, 5.74) is 0.719. The smallest absolute Gasteiger partial charge is 0.291 e. The van der Waals surface area contributed by atoms with Crippen LogP contribution in [0.5, 0.6) is 0 Å². The van der Waals surface area contributed by atoms with Crippen LogP contribution in [-0.4, -0.2) is 55.6 Å². The molecule has 1 fully saturated rings. The van der Waals surface area contributed by atoms with E-state index in [1.165, 1.54) is 22.7 Å². The van der Waals surface area contributed by atoms with Gasteiger partial charge in [-0.2, -0.15) is 4.31 Å². The minimum Gasteiger partial charge on any atom is -0.459 e. The van der Waals surface area contributed by atoms with E-state index in [4.69, 9.17) is 4.42 Å². The molecule has 3 heterocycles. The summed E-state index contributed by atoms with van der Waals surface area (Å²) in [5, 5.41) is 3.23. The first-order valence-corrected chi connectivity index (χ1v) is 12.0. The van der Waals surface area contributed by atoms with Crippen molar-refractivity contribution < 1.29 is 26.8 Å². The van der Waals surface area contributed by atoms with Crippen molar-refractivity contribution in [1.82, 2.24) is 9.21 Å².